The zero-order valence-electron chi connectivity index (χ0n) is 12.1. The van der Waals surface area contributed by atoms with Gasteiger partial charge in [0.15, 0.2) is 0 Å². The third-order valence-corrected chi connectivity index (χ3v) is 4.59. The van der Waals surface area contributed by atoms with Crippen molar-refractivity contribution in [3.8, 4) is 0 Å². The molecule has 1 amide bonds. The maximum absolute atomic E-state index is 12.5. The number of hydrogen-bond donors (Lipinski definition) is 3. The summed E-state index contributed by atoms with van der Waals surface area (Å²) in [5, 5.41) is 21.5. The molecular formula is C14H22N2O5. The molecule has 0 aliphatic carbocycles. The van der Waals surface area contributed by atoms with Crippen LogP contribution in [0.2, 0.25) is 0 Å². The summed E-state index contributed by atoms with van der Waals surface area (Å²) >= 11 is 0. The van der Waals surface area contributed by atoms with E-state index in [1.807, 2.05) is 6.92 Å². The lowest BCUT2D eigenvalue weighted by Crippen LogP contribution is -2.56. The summed E-state index contributed by atoms with van der Waals surface area (Å²) < 4.78 is 0. The summed E-state index contributed by atoms with van der Waals surface area (Å²) in [6, 6.07) is -0.283. The zero-order chi connectivity index (χ0) is 15.6. The molecule has 2 saturated heterocycles. The summed E-state index contributed by atoms with van der Waals surface area (Å²) in [5.41, 5.74) is 0. The van der Waals surface area contributed by atoms with Crippen LogP contribution in [0.25, 0.3) is 0 Å². The van der Waals surface area contributed by atoms with Crippen LogP contribution in [0.4, 0.5) is 0 Å². The van der Waals surface area contributed by atoms with Gasteiger partial charge in [0.1, 0.15) is 0 Å². The van der Waals surface area contributed by atoms with Gasteiger partial charge < -0.3 is 20.4 Å². The lowest BCUT2D eigenvalue weighted by atomic mass is 9.84. The van der Waals surface area contributed by atoms with Crippen molar-refractivity contribution < 1.29 is 24.6 Å². The van der Waals surface area contributed by atoms with Crippen molar-refractivity contribution in [1.82, 2.24) is 10.2 Å². The van der Waals surface area contributed by atoms with Crippen LogP contribution < -0.4 is 5.32 Å². The van der Waals surface area contributed by atoms with E-state index in [9.17, 15) is 19.5 Å². The molecule has 0 aromatic rings. The van der Waals surface area contributed by atoms with Gasteiger partial charge in [-0.3, -0.25) is 14.4 Å². The summed E-state index contributed by atoms with van der Waals surface area (Å²) in [5.74, 6) is -4.07. The Morgan fingerprint density at radius 3 is 2.33 bits per heavy atom. The highest BCUT2D eigenvalue weighted by molar-refractivity contribution is 5.85. The maximum Gasteiger partial charge on any atom is 0.309 e. The lowest BCUT2D eigenvalue weighted by molar-refractivity contribution is -0.159. The highest BCUT2D eigenvalue weighted by atomic mass is 16.4. The van der Waals surface area contributed by atoms with E-state index in [4.69, 9.17) is 5.11 Å². The van der Waals surface area contributed by atoms with Crippen molar-refractivity contribution in [2.24, 2.45) is 17.8 Å². The Kier molecular flexibility index (Phi) is 4.82. The van der Waals surface area contributed by atoms with Crippen molar-refractivity contribution in [3.63, 3.8) is 0 Å². The van der Waals surface area contributed by atoms with Gasteiger partial charge in [-0.25, -0.2) is 0 Å². The van der Waals surface area contributed by atoms with Crippen LogP contribution in [0.5, 0.6) is 0 Å². The highest BCUT2D eigenvalue weighted by Gasteiger charge is 2.42. The fourth-order valence-electron chi connectivity index (χ4n) is 3.27. The number of carboxylic acids is 2. The molecule has 118 valence electrons. The first-order valence-electron chi connectivity index (χ1n) is 7.39. The number of rotatable bonds is 3. The molecule has 4 atom stereocenters. The van der Waals surface area contributed by atoms with Gasteiger partial charge in [0, 0.05) is 13.1 Å². The Labute approximate surface area is 123 Å². The van der Waals surface area contributed by atoms with E-state index in [1.165, 1.54) is 4.90 Å². The average Bonchev–Trinajstić information content (AvgIpc) is 2.46. The Balaban J connectivity index is 2.06. The summed E-state index contributed by atoms with van der Waals surface area (Å²) in [6.45, 7) is 3.09. The minimum absolute atomic E-state index is 0.0178. The monoisotopic (exact) mass is 298 g/mol. The molecule has 2 rings (SSSR count). The average molecular weight is 298 g/mol. The molecule has 0 aromatic carbocycles. The van der Waals surface area contributed by atoms with Crippen molar-refractivity contribution in [2.75, 3.05) is 19.6 Å². The molecule has 0 saturated carbocycles. The molecule has 2 aliphatic rings. The predicted octanol–water partition coefficient (Wildman–Crippen LogP) is 0.00840. The number of likely N-dealkylation sites (tertiary alicyclic amines) is 1. The second-order valence-electron chi connectivity index (χ2n) is 6.01. The van der Waals surface area contributed by atoms with Gasteiger partial charge in [-0.1, -0.05) is 6.92 Å². The van der Waals surface area contributed by atoms with E-state index >= 15 is 0 Å². The number of carbonyl (C=O) groups excluding carboxylic acids is 1. The molecule has 2 fully saturated rings. The third kappa shape index (κ3) is 3.34. The Morgan fingerprint density at radius 2 is 1.76 bits per heavy atom. The Morgan fingerprint density at radius 1 is 1.10 bits per heavy atom. The number of piperidine rings is 2. The molecule has 0 aromatic heterocycles. The summed E-state index contributed by atoms with van der Waals surface area (Å²) in [4.78, 5) is 36.4. The molecule has 2 heterocycles. The maximum atomic E-state index is 12.5. The van der Waals surface area contributed by atoms with Gasteiger partial charge in [-0.2, -0.15) is 0 Å². The second kappa shape index (κ2) is 6.43. The number of carboxylic acid groups (broad SMARTS) is 2. The zero-order valence-corrected chi connectivity index (χ0v) is 12.1. The van der Waals surface area contributed by atoms with E-state index in [2.05, 4.69) is 5.32 Å². The normalized spacial score (nSPS) is 33.5. The number of nitrogens with one attached hydrogen (secondary N) is 1. The minimum atomic E-state index is -1.15. The largest absolute Gasteiger partial charge is 0.481 e. The topological polar surface area (TPSA) is 107 Å². The minimum Gasteiger partial charge on any atom is -0.481 e. The first-order chi connectivity index (χ1) is 9.91. The molecule has 4 unspecified atom stereocenters. The van der Waals surface area contributed by atoms with Crippen LogP contribution in [0, 0.1) is 17.8 Å². The predicted molar refractivity (Wildman–Crippen MR) is 73.6 cm³/mol. The summed E-state index contributed by atoms with van der Waals surface area (Å²) in [6.07, 6.45) is 2.19. The molecule has 0 radical (unpaired) electrons. The molecule has 0 spiro atoms. The van der Waals surface area contributed by atoms with Crippen LogP contribution in [-0.4, -0.2) is 58.6 Å². The number of nitrogens with zero attached hydrogens (tertiary/aromatic N) is 1. The third-order valence-electron chi connectivity index (χ3n) is 4.59. The highest BCUT2D eigenvalue weighted by Crippen LogP contribution is 2.26. The molecule has 7 heteroatoms. The molecule has 0 bridgehead atoms. The first kappa shape index (κ1) is 15.8. The van der Waals surface area contributed by atoms with Gasteiger partial charge >= 0.3 is 11.9 Å². The lowest BCUT2D eigenvalue weighted by Gasteiger charge is -2.39. The van der Waals surface area contributed by atoms with E-state index in [0.29, 0.717) is 6.54 Å². The van der Waals surface area contributed by atoms with E-state index in [-0.39, 0.29) is 30.8 Å². The fraction of sp³-hybridized carbons (Fsp3) is 0.786. The number of aliphatic carboxylic acids is 2. The SMILES string of the molecule is CC1CCCNC1C(=O)N1CCC(C(=O)O)C(C(=O)O)C1. The van der Waals surface area contributed by atoms with Crippen molar-refractivity contribution in [2.45, 2.75) is 32.2 Å². The van der Waals surface area contributed by atoms with Crippen molar-refractivity contribution in [1.29, 1.82) is 0 Å². The van der Waals surface area contributed by atoms with E-state index < -0.39 is 23.8 Å². The molecular weight excluding hydrogens is 276 g/mol. The van der Waals surface area contributed by atoms with Gasteiger partial charge in [-0.15, -0.1) is 0 Å². The standard InChI is InChI=1S/C14H22N2O5/c1-8-3-2-5-15-11(8)12(17)16-6-4-9(13(18)19)10(7-16)14(20)21/h8-11,15H,2-7H2,1H3,(H,18,19)(H,20,21). The number of amides is 1. The van der Waals surface area contributed by atoms with Gasteiger partial charge in [0.2, 0.25) is 5.91 Å². The first-order valence-corrected chi connectivity index (χ1v) is 7.39. The number of hydrogen-bond acceptors (Lipinski definition) is 4. The van der Waals surface area contributed by atoms with Crippen LogP contribution in [-0.2, 0) is 14.4 Å². The summed E-state index contributed by atoms with van der Waals surface area (Å²) in [7, 11) is 0. The van der Waals surface area contributed by atoms with Gasteiger partial charge in [0.05, 0.1) is 17.9 Å². The Bertz CT molecular complexity index is 439. The molecule has 7 nitrogen and oxygen atoms in total. The number of carbonyl (C=O) groups is 3. The fourth-order valence-corrected chi connectivity index (χ4v) is 3.27. The van der Waals surface area contributed by atoms with E-state index in [1.54, 1.807) is 0 Å². The molecule has 21 heavy (non-hydrogen) atoms. The Hall–Kier alpha value is -1.63. The quantitative estimate of drug-likeness (QED) is 0.677. The van der Waals surface area contributed by atoms with Crippen LogP contribution in [0.15, 0.2) is 0 Å². The smallest absolute Gasteiger partial charge is 0.309 e. The second-order valence-corrected chi connectivity index (χ2v) is 6.01. The molecule has 3 N–H and O–H groups in total. The van der Waals surface area contributed by atoms with Crippen LogP contribution in [0.1, 0.15) is 26.2 Å². The van der Waals surface area contributed by atoms with Crippen molar-refractivity contribution >= 4 is 17.8 Å². The van der Waals surface area contributed by atoms with Crippen LogP contribution in [0.3, 0.4) is 0 Å². The van der Waals surface area contributed by atoms with Gasteiger partial charge in [0.25, 0.3) is 0 Å². The van der Waals surface area contributed by atoms with Crippen LogP contribution >= 0.6 is 0 Å². The van der Waals surface area contributed by atoms with Gasteiger partial charge in [-0.05, 0) is 31.7 Å². The van der Waals surface area contributed by atoms with E-state index in [0.717, 1.165) is 19.4 Å². The molecule has 2 aliphatic heterocycles. The van der Waals surface area contributed by atoms with Crippen molar-refractivity contribution in [3.05, 3.63) is 0 Å².